The molecule has 8 heteroatoms. The third-order valence-corrected chi connectivity index (χ3v) is 3.21. The van der Waals surface area contributed by atoms with Gasteiger partial charge < -0.3 is 10.1 Å². The molecule has 0 aliphatic heterocycles. The van der Waals surface area contributed by atoms with Gasteiger partial charge >= 0.3 is 6.18 Å². The number of amides is 1. The Morgan fingerprint density at radius 2 is 1.79 bits per heavy atom. The van der Waals surface area contributed by atoms with Gasteiger partial charge in [-0.1, -0.05) is 12.1 Å². The first-order chi connectivity index (χ1) is 11.3. The number of halogens is 3. The molecule has 0 unspecified atom stereocenters. The maximum atomic E-state index is 12.4. The summed E-state index contributed by atoms with van der Waals surface area (Å²) in [5.41, 5.74) is 0.792. The quantitative estimate of drug-likeness (QED) is 0.907. The molecule has 1 N–H and O–H groups in total. The Hall–Kier alpha value is -2.64. The van der Waals surface area contributed by atoms with Crippen molar-refractivity contribution < 1.29 is 22.7 Å². The largest absolute Gasteiger partial charge is 0.494 e. The summed E-state index contributed by atoms with van der Waals surface area (Å²) in [5.74, 6) is -1.11. The standard InChI is InChI=1S/C16H16F3N3O2/c1-3-24-13-6-4-11(5-7-13)10(2)22-14(23)12-8-20-15(21-9-12)16(17,18)19/h4-10H,3H2,1-2H3,(H,22,23)/t10-/m1/s1. The number of benzene rings is 1. The molecule has 0 spiro atoms. The van der Waals surface area contributed by atoms with Gasteiger partial charge in [0.1, 0.15) is 5.75 Å². The maximum Gasteiger partial charge on any atom is 0.451 e. The van der Waals surface area contributed by atoms with E-state index in [1.807, 2.05) is 6.92 Å². The van der Waals surface area contributed by atoms with E-state index in [1.165, 1.54) is 0 Å². The number of hydrogen-bond acceptors (Lipinski definition) is 4. The van der Waals surface area contributed by atoms with E-state index in [0.29, 0.717) is 6.61 Å². The zero-order valence-corrected chi connectivity index (χ0v) is 13.1. The van der Waals surface area contributed by atoms with Gasteiger partial charge in [0.2, 0.25) is 5.82 Å². The third-order valence-electron chi connectivity index (χ3n) is 3.21. The molecule has 128 valence electrons. The van der Waals surface area contributed by atoms with Gasteiger partial charge in [0.25, 0.3) is 5.91 Å². The minimum absolute atomic E-state index is 0.0409. The molecule has 1 heterocycles. The Labute approximate surface area is 136 Å². The Bertz CT molecular complexity index is 685. The molecule has 1 aromatic carbocycles. The number of alkyl halides is 3. The van der Waals surface area contributed by atoms with Crippen molar-refractivity contribution in [3.8, 4) is 5.75 Å². The molecule has 2 aromatic rings. The van der Waals surface area contributed by atoms with Crippen LogP contribution in [0.5, 0.6) is 5.75 Å². The van der Waals surface area contributed by atoms with E-state index in [1.54, 1.807) is 31.2 Å². The fourth-order valence-corrected chi connectivity index (χ4v) is 1.97. The van der Waals surface area contributed by atoms with Crippen molar-refractivity contribution in [2.75, 3.05) is 6.61 Å². The number of nitrogens with zero attached hydrogens (tertiary/aromatic N) is 2. The van der Waals surface area contributed by atoms with E-state index in [0.717, 1.165) is 23.7 Å². The van der Waals surface area contributed by atoms with Crippen molar-refractivity contribution >= 4 is 5.91 Å². The van der Waals surface area contributed by atoms with Crippen LogP contribution >= 0.6 is 0 Å². The van der Waals surface area contributed by atoms with E-state index in [-0.39, 0.29) is 11.6 Å². The molecular weight excluding hydrogens is 323 g/mol. The minimum Gasteiger partial charge on any atom is -0.494 e. The van der Waals surface area contributed by atoms with Gasteiger partial charge in [-0.2, -0.15) is 13.2 Å². The molecule has 5 nitrogen and oxygen atoms in total. The van der Waals surface area contributed by atoms with Crippen LogP contribution in [0.4, 0.5) is 13.2 Å². The monoisotopic (exact) mass is 339 g/mol. The van der Waals surface area contributed by atoms with Crippen LogP contribution in [0.15, 0.2) is 36.7 Å². The summed E-state index contributed by atoms with van der Waals surface area (Å²) in [4.78, 5) is 18.4. The van der Waals surface area contributed by atoms with Crippen LogP contribution in [0.2, 0.25) is 0 Å². The molecule has 2 rings (SSSR count). The van der Waals surface area contributed by atoms with Crippen molar-refractivity contribution in [1.82, 2.24) is 15.3 Å². The second-order valence-corrected chi connectivity index (χ2v) is 4.99. The van der Waals surface area contributed by atoms with Gasteiger partial charge in [-0.15, -0.1) is 0 Å². The van der Waals surface area contributed by atoms with Crippen LogP contribution < -0.4 is 10.1 Å². The van der Waals surface area contributed by atoms with Gasteiger partial charge in [-0.25, -0.2) is 9.97 Å². The van der Waals surface area contributed by atoms with E-state index in [4.69, 9.17) is 4.74 Å². The number of ether oxygens (including phenoxy) is 1. The zero-order valence-electron chi connectivity index (χ0n) is 13.1. The predicted octanol–water partition coefficient (Wildman–Crippen LogP) is 3.39. The first-order valence-corrected chi connectivity index (χ1v) is 7.24. The van der Waals surface area contributed by atoms with Gasteiger partial charge in [0.15, 0.2) is 0 Å². The summed E-state index contributed by atoms with van der Waals surface area (Å²) < 4.78 is 42.5. The smallest absolute Gasteiger partial charge is 0.451 e. The Morgan fingerprint density at radius 3 is 2.29 bits per heavy atom. The highest BCUT2D eigenvalue weighted by molar-refractivity contribution is 5.93. The average molecular weight is 339 g/mol. The molecule has 0 saturated carbocycles. The summed E-state index contributed by atoms with van der Waals surface area (Å²) in [7, 11) is 0. The van der Waals surface area contributed by atoms with Crippen LogP contribution in [-0.2, 0) is 6.18 Å². The second kappa shape index (κ2) is 7.29. The Balaban J connectivity index is 2.03. The molecule has 1 atom stereocenters. The molecule has 0 radical (unpaired) electrons. The van der Waals surface area contributed by atoms with Crippen LogP contribution in [0.25, 0.3) is 0 Å². The van der Waals surface area contributed by atoms with Crippen molar-refractivity contribution in [3.63, 3.8) is 0 Å². The van der Waals surface area contributed by atoms with Crippen LogP contribution in [0, 0.1) is 0 Å². The number of carbonyl (C=O) groups is 1. The summed E-state index contributed by atoms with van der Waals surface area (Å²) >= 11 is 0. The lowest BCUT2D eigenvalue weighted by atomic mass is 10.1. The summed E-state index contributed by atoms with van der Waals surface area (Å²) in [6.07, 6.45) is -2.92. The second-order valence-electron chi connectivity index (χ2n) is 4.99. The maximum absolute atomic E-state index is 12.4. The van der Waals surface area contributed by atoms with E-state index >= 15 is 0 Å². The first kappa shape index (κ1) is 17.7. The molecule has 1 aromatic heterocycles. The van der Waals surface area contributed by atoms with E-state index < -0.39 is 17.9 Å². The highest BCUT2D eigenvalue weighted by Gasteiger charge is 2.34. The van der Waals surface area contributed by atoms with Crippen molar-refractivity contribution in [2.45, 2.75) is 26.1 Å². The fourth-order valence-electron chi connectivity index (χ4n) is 1.97. The molecule has 0 aliphatic rings. The molecule has 0 fully saturated rings. The molecular formula is C16H16F3N3O2. The molecule has 0 saturated heterocycles. The lowest BCUT2D eigenvalue weighted by Gasteiger charge is -2.15. The summed E-state index contributed by atoms with van der Waals surface area (Å²) in [6, 6.07) is 6.83. The normalized spacial score (nSPS) is 12.5. The minimum atomic E-state index is -4.63. The number of rotatable bonds is 5. The van der Waals surface area contributed by atoms with Gasteiger partial charge in [0, 0.05) is 12.4 Å². The van der Waals surface area contributed by atoms with Crippen molar-refractivity contribution in [2.24, 2.45) is 0 Å². The topological polar surface area (TPSA) is 64.1 Å². The molecule has 1 amide bonds. The van der Waals surface area contributed by atoms with Crippen molar-refractivity contribution in [1.29, 1.82) is 0 Å². The molecule has 0 bridgehead atoms. The van der Waals surface area contributed by atoms with Gasteiger partial charge in [-0.3, -0.25) is 4.79 Å². The summed E-state index contributed by atoms with van der Waals surface area (Å²) in [6.45, 7) is 4.20. The average Bonchev–Trinajstić information content (AvgIpc) is 2.55. The lowest BCUT2D eigenvalue weighted by Crippen LogP contribution is -2.27. The number of carbonyl (C=O) groups excluding carboxylic acids is 1. The fraction of sp³-hybridized carbons (Fsp3) is 0.312. The zero-order chi connectivity index (χ0) is 17.7. The molecule has 0 aliphatic carbocycles. The van der Waals surface area contributed by atoms with Crippen LogP contribution in [0.3, 0.4) is 0 Å². The Kier molecular flexibility index (Phi) is 5.38. The van der Waals surface area contributed by atoms with E-state index in [9.17, 15) is 18.0 Å². The SMILES string of the molecule is CCOc1ccc([C@@H](C)NC(=O)c2cnc(C(F)(F)F)nc2)cc1. The highest BCUT2D eigenvalue weighted by atomic mass is 19.4. The number of nitrogens with one attached hydrogen (secondary N) is 1. The van der Waals surface area contributed by atoms with Gasteiger partial charge in [-0.05, 0) is 31.5 Å². The summed E-state index contributed by atoms with van der Waals surface area (Å²) in [5, 5.41) is 2.68. The molecule has 24 heavy (non-hydrogen) atoms. The lowest BCUT2D eigenvalue weighted by molar-refractivity contribution is -0.145. The number of hydrogen-bond donors (Lipinski definition) is 1. The number of aromatic nitrogens is 2. The van der Waals surface area contributed by atoms with Crippen molar-refractivity contribution in [3.05, 3.63) is 53.6 Å². The third kappa shape index (κ3) is 4.43. The van der Waals surface area contributed by atoms with Gasteiger partial charge in [0.05, 0.1) is 18.2 Å². The predicted molar refractivity (Wildman–Crippen MR) is 80.5 cm³/mol. The van der Waals surface area contributed by atoms with E-state index in [2.05, 4.69) is 15.3 Å². The van der Waals surface area contributed by atoms with Crippen LogP contribution in [-0.4, -0.2) is 22.5 Å². The Morgan fingerprint density at radius 1 is 1.21 bits per heavy atom. The van der Waals surface area contributed by atoms with Crippen LogP contribution in [0.1, 0.15) is 41.6 Å². The highest BCUT2D eigenvalue weighted by Crippen LogP contribution is 2.25. The first-order valence-electron chi connectivity index (χ1n) is 7.24.